The van der Waals surface area contributed by atoms with E-state index in [2.05, 4.69) is 11.4 Å². The van der Waals surface area contributed by atoms with E-state index in [-0.39, 0.29) is 17.9 Å². The second-order valence-electron chi connectivity index (χ2n) is 10.7. The van der Waals surface area contributed by atoms with E-state index in [4.69, 9.17) is 9.84 Å². The topological polar surface area (TPSA) is 76.5 Å². The molecular weight excluding hydrogens is 392 g/mol. The van der Waals surface area contributed by atoms with Crippen LogP contribution < -0.4 is 5.32 Å². The van der Waals surface area contributed by atoms with Crippen molar-refractivity contribution >= 4 is 22.9 Å². The molecular formula is C24H34N4O3. The van der Waals surface area contributed by atoms with Gasteiger partial charge in [0.15, 0.2) is 0 Å². The molecule has 1 aliphatic heterocycles. The number of aromatic nitrogens is 2. The Balaban J connectivity index is 1.39. The first-order valence-corrected chi connectivity index (χ1v) is 11.2. The summed E-state index contributed by atoms with van der Waals surface area (Å²) in [6.07, 6.45) is 1.38. The van der Waals surface area contributed by atoms with Gasteiger partial charge < -0.3 is 15.0 Å². The molecule has 0 spiro atoms. The summed E-state index contributed by atoms with van der Waals surface area (Å²) in [6, 6.07) is 8.09. The molecule has 2 fully saturated rings. The molecule has 168 valence electrons. The Morgan fingerprint density at radius 2 is 1.68 bits per heavy atom. The highest BCUT2D eigenvalue weighted by atomic mass is 16.6. The van der Waals surface area contributed by atoms with Crippen LogP contribution in [0.3, 0.4) is 0 Å². The molecule has 4 rings (SSSR count). The third kappa shape index (κ3) is 4.27. The summed E-state index contributed by atoms with van der Waals surface area (Å²) >= 11 is 0. The van der Waals surface area contributed by atoms with Gasteiger partial charge >= 0.3 is 6.09 Å². The highest BCUT2D eigenvalue weighted by Gasteiger charge is 2.46. The summed E-state index contributed by atoms with van der Waals surface area (Å²) in [5.41, 5.74) is 0.877. The number of likely N-dealkylation sites (tertiary alicyclic amines) is 1. The van der Waals surface area contributed by atoms with Crippen molar-refractivity contribution in [3.8, 4) is 0 Å². The van der Waals surface area contributed by atoms with Crippen molar-refractivity contribution in [3.05, 3.63) is 30.0 Å². The number of carbonyl (C=O) groups is 2. The molecule has 0 radical (unpaired) electrons. The van der Waals surface area contributed by atoms with Gasteiger partial charge in [0.2, 0.25) is 5.91 Å². The predicted octanol–water partition coefficient (Wildman–Crippen LogP) is 3.82. The Morgan fingerprint density at radius 3 is 2.29 bits per heavy atom. The molecule has 1 saturated heterocycles. The number of nitrogens with zero attached hydrogens (tertiary/aromatic N) is 3. The number of para-hydroxylation sites is 1. The minimum atomic E-state index is -0.571. The van der Waals surface area contributed by atoms with E-state index in [0.717, 1.165) is 29.4 Å². The normalized spacial score (nSPS) is 23.8. The lowest BCUT2D eigenvalue weighted by molar-refractivity contribution is -0.126. The monoisotopic (exact) mass is 426 g/mol. The van der Waals surface area contributed by atoms with Gasteiger partial charge in [0.1, 0.15) is 5.60 Å². The molecule has 2 aromatic rings. The number of ether oxygens (including phenoxy) is 1. The SMILES string of the molecule is Cn1nc(C(C)(C)NC(=O)C2C[C@@H]3CN(C(=O)OC(C)(C)C)C[C@@H]3C2)c2ccccc21. The van der Waals surface area contributed by atoms with Crippen LogP contribution in [0.1, 0.15) is 53.2 Å². The molecule has 7 nitrogen and oxygen atoms in total. The summed E-state index contributed by atoms with van der Waals surface area (Å²) < 4.78 is 7.38. The maximum atomic E-state index is 13.2. The Hall–Kier alpha value is -2.57. The van der Waals surface area contributed by atoms with Crippen LogP contribution in [0, 0.1) is 17.8 Å². The standard InChI is InChI=1S/C24H34N4O3/c1-23(2,3)31-22(30)28-13-16-11-15(12-17(16)14-28)21(29)25-24(4,5)20-18-9-7-8-10-19(18)27(6)26-20/h7-10,15-17H,11-14H2,1-6H3,(H,25,29)/t15?,16-,17+. The van der Waals surface area contributed by atoms with E-state index in [0.29, 0.717) is 24.9 Å². The zero-order valence-electron chi connectivity index (χ0n) is 19.4. The summed E-state index contributed by atoms with van der Waals surface area (Å²) in [7, 11) is 1.93. The molecule has 1 N–H and O–H groups in total. The van der Waals surface area contributed by atoms with Gasteiger partial charge in [0, 0.05) is 31.4 Å². The molecule has 3 atom stereocenters. The number of rotatable bonds is 3. The summed E-state index contributed by atoms with van der Waals surface area (Å²) in [5, 5.41) is 9.02. The molecule has 1 unspecified atom stereocenters. The molecule has 7 heteroatoms. The fourth-order valence-electron chi connectivity index (χ4n) is 5.13. The number of hydrogen-bond donors (Lipinski definition) is 1. The van der Waals surface area contributed by atoms with E-state index < -0.39 is 11.1 Å². The number of nitrogens with one attached hydrogen (secondary N) is 1. The van der Waals surface area contributed by atoms with E-state index in [1.165, 1.54) is 0 Å². The van der Waals surface area contributed by atoms with Crippen LogP contribution in [-0.2, 0) is 22.1 Å². The van der Waals surface area contributed by atoms with E-state index >= 15 is 0 Å². The fraction of sp³-hybridized carbons (Fsp3) is 0.625. The number of amides is 2. The number of aryl methyl sites for hydroxylation is 1. The number of fused-ring (bicyclic) bond motifs is 2. The first-order chi connectivity index (χ1) is 14.4. The van der Waals surface area contributed by atoms with Gasteiger partial charge in [-0.1, -0.05) is 18.2 Å². The average molecular weight is 427 g/mol. The highest BCUT2D eigenvalue weighted by Crippen LogP contribution is 2.42. The molecule has 31 heavy (non-hydrogen) atoms. The van der Waals surface area contributed by atoms with Crippen LogP contribution in [0.4, 0.5) is 4.79 Å². The number of benzene rings is 1. The minimum Gasteiger partial charge on any atom is -0.444 e. The van der Waals surface area contributed by atoms with Gasteiger partial charge in [-0.05, 0) is 65.4 Å². The number of carbonyl (C=O) groups excluding carboxylic acids is 2. The van der Waals surface area contributed by atoms with Gasteiger partial charge in [-0.2, -0.15) is 5.10 Å². The van der Waals surface area contributed by atoms with Crippen LogP contribution in [-0.4, -0.2) is 45.4 Å². The van der Waals surface area contributed by atoms with Gasteiger partial charge in [0.25, 0.3) is 0 Å². The lowest BCUT2D eigenvalue weighted by Gasteiger charge is -2.27. The van der Waals surface area contributed by atoms with Crippen LogP contribution in [0.15, 0.2) is 24.3 Å². The zero-order valence-corrected chi connectivity index (χ0v) is 19.4. The first kappa shape index (κ1) is 21.7. The van der Waals surface area contributed by atoms with Crippen LogP contribution in [0.2, 0.25) is 0 Å². The molecule has 2 heterocycles. The second-order valence-corrected chi connectivity index (χ2v) is 10.7. The predicted molar refractivity (Wildman–Crippen MR) is 119 cm³/mol. The quantitative estimate of drug-likeness (QED) is 0.810. The van der Waals surface area contributed by atoms with Crippen LogP contribution in [0.25, 0.3) is 10.9 Å². The van der Waals surface area contributed by atoms with Gasteiger partial charge in [-0.15, -0.1) is 0 Å². The second kappa shape index (κ2) is 7.53. The van der Waals surface area contributed by atoms with Crippen molar-refractivity contribution in [2.45, 2.75) is 58.6 Å². The maximum Gasteiger partial charge on any atom is 0.410 e. The van der Waals surface area contributed by atoms with E-state index in [9.17, 15) is 9.59 Å². The zero-order chi connectivity index (χ0) is 22.6. The lowest BCUT2D eigenvalue weighted by atomic mass is 9.95. The van der Waals surface area contributed by atoms with Crippen molar-refractivity contribution in [3.63, 3.8) is 0 Å². The summed E-state index contributed by atoms with van der Waals surface area (Å²) in [6.45, 7) is 11.0. The number of hydrogen-bond acceptors (Lipinski definition) is 4. The molecule has 1 aromatic heterocycles. The Morgan fingerprint density at radius 1 is 1.06 bits per heavy atom. The average Bonchev–Trinajstić information content (AvgIpc) is 3.32. The Bertz CT molecular complexity index is 990. The van der Waals surface area contributed by atoms with Crippen molar-refractivity contribution in [2.75, 3.05) is 13.1 Å². The largest absolute Gasteiger partial charge is 0.444 e. The van der Waals surface area contributed by atoms with Gasteiger partial charge in [-0.25, -0.2) is 4.79 Å². The Kier molecular flexibility index (Phi) is 5.26. The molecule has 2 amide bonds. The van der Waals surface area contributed by atoms with Crippen LogP contribution in [0.5, 0.6) is 0 Å². The molecule has 2 aliphatic rings. The maximum absolute atomic E-state index is 13.2. The molecule has 1 saturated carbocycles. The molecule has 1 aliphatic carbocycles. The lowest BCUT2D eigenvalue weighted by Crippen LogP contribution is -2.44. The third-order valence-corrected chi connectivity index (χ3v) is 6.56. The van der Waals surface area contributed by atoms with Crippen molar-refractivity contribution in [1.82, 2.24) is 20.0 Å². The fourth-order valence-corrected chi connectivity index (χ4v) is 5.13. The van der Waals surface area contributed by atoms with Gasteiger partial charge in [-0.3, -0.25) is 9.48 Å². The van der Waals surface area contributed by atoms with Crippen molar-refractivity contribution in [1.29, 1.82) is 0 Å². The van der Waals surface area contributed by atoms with E-state index in [1.54, 1.807) is 4.90 Å². The highest BCUT2D eigenvalue weighted by molar-refractivity contribution is 5.85. The minimum absolute atomic E-state index is 0.0231. The molecule has 0 bridgehead atoms. The first-order valence-electron chi connectivity index (χ1n) is 11.2. The van der Waals surface area contributed by atoms with Crippen molar-refractivity contribution < 1.29 is 14.3 Å². The smallest absolute Gasteiger partial charge is 0.410 e. The van der Waals surface area contributed by atoms with E-state index in [1.807, 2.05) is 64.5 Å². The molecule has 1 aromatic carbocycles. The third-order valence-electron chi connectivity index (χ3n) is 6.56. The Labute approximate surface area is 184 Å². The summed E-state index contributed by atoms with van der Waals surface area (Å²) in [5.74, 6) is 0.784. The van der Waals surface area contributed by atoms with Crippen molar-refractivity contribution in [2.24, 2.45) is 24.8 Å². The van der Waals surface area contributed by atoms with Crippen LogP contribution >= 0.6 is 0 Å². The summed E-state index contributed by atoms with van der Waals surface area (Å²) in [4.78, 5) is 27.3. The van der Waals surface area contributed by atoms with Gasteiger partial charge in [0.05, 0.1) is 16.7 Å².